The van der Waals surface area contributed by atoms with E-state index >= 15 is 0 Å². The van der Waals surface area contributed by atoms with Crippen LogP contribution >= 0.6 is 24.0 Å². The molecule has 2 unspecified atom stereocenters. The number of hydrogen-bond donors (Lipinski definition) is 2. The van der Waals surface area contributed by atoms with Crippen molar-refractivity contribution in [1.29, 1.82) is 0 Å². The summed E-state index contributed by atoms with van der Waals surface area (Å²) in [5.74, 6) is 3.91. The largest absolute Gasteiger partial charge is 0.493 e. The molecule has 0 aromatic heterocycles. The quantitative estimate of drug-likeness (QED) is 0.323. The van der Waals surface area contributed by atoms with Gasteiger partial charge >= 0.3 is 0 Å². The first-order chi connectivity index (χ1) is 13.0. The minimum absolute atomic E-state index is 0. The van der Waals surface area contributed by atoms with Crippen LogP contribution in [0.5, 0.6) is 11.5 Å². The normalized spacial score (nSPS) is 20.2. The Morgan fingerprint density at radius 2 is 1.79 bits per heavy atom. The molecular formula is C21H37IN4O2. The third-order valence-electron chi connectivity index (χ3n) is 4.88. The monoisotopic (exact) mass is 504 g/mol. The van der Waals surface area contributed by atoms with Gasteiger partial charge in [0.1, 0.15) is 0 Å². The number of methoxy groups -OCH3 is 2. The fraction of sp³-hybridized carbons (Fsp3) is 0.667. The lowest BCUT2D eigenvalue weighted by Crippen LogP contribution is -2.45. The smallest absolute Gasteiger partial charge is 0.191 e. The number of piperidine rings is 1. The molecule has 1 aromatic rings. The van der Waals surface area contributed by atoms with Crippen molar-refractivity contribution in [1.82, 2.24) is 15.5 Å². The van der Waals surface area contributed by atoms with Crippen LogP contribution < -0.4 is 20.1 Å². The first-order valence-electron chi connectivity index (χ1n) is 10.0. The Labute approximate surface area is 187 Å². The lowest BCUT2D eigenvalue weighted by molar-refractivity contribution is 0.143. The molecule has 0 amide bonds. The molecule has 1 aliphatic rings. The Balaban J connectivity index is 0.00000392. The van der Waals surface area contributed by atoms with E-state index < -0.39 is 0 Å². The summed E-state index contributed by atoms with van der Waals surface area (Å²) in [7, 11) is 3.30. The number of guanidine groups is 1. The lowest BCUT2D eigenvalue weighted by Gasteiger charge is -2.35. The number of nitrogens with zero attached hydrogens (tertiary/aromatic N) is 2. The fourth-order valence-electron chi connectivity index (χ4n) is 3.80. The molecule has 1 fully saturated rings. The molecular weight excluding hydrogens is 467 g/mol. The summed E-state index contributed by atoms with van der Waals surface area (Å²) in [5.41, 5.74) is 1.09. The predicted molar refractivity (Wildman–Crippen MR) is 127 cm³/mol. The van der Waals surface area contributed by atoms with Gasteiger partial charge in [0.15, 0.2) is 17.5 Å². The van der Waals surface area contributed by atoms with E-state index in [9.17, 15) is 0 Å². The molecule has 1 heterocycles. The fourth-order valence-corrected chi connectivity index (χ4v) is 3.80. The summed E-state index contributed by atoms with van der Waals surface area (Å²) >= 11 is 0. The van der Waals surface area contributed by atoms with Crippen LogP contribution in [0.25, 0.3) is 0 Å². The van der Waals surface area contributed by atoms with Gasteiger partial charge < -0.3 is 25.0 Å². The van der Waals surface area contributed by atoms with E-state index in [4.69, 9.17) is 14.5 Å². The molecule has 2 atom stereocenters. The third-order valence-corrected chi connectivity index (χ3v) is 4.88. The van der Waals surface area contributed by atoms with Crippen molar-refractivity contribution < 1.29 is 9.47 Å². The first-order valence-corrected chi connectivity index (χ1v) is 10.0. The summed E-state index contributed by atoms with van der Waals surface area (Å²) in [6.45, 7) is 12.6. The number of aliphatic imine (C=N–C) groups is 1. The number of rotatable bonds is 8. The number of likely N-dealkylation sites (tertiary alicyclic amines) is 1. The molecule has 160 valence electrons. The van der Waals surface area contributed by atoms with Crippen LogP contribution in [0.2, 0.25) is 0 Å². The number of halogens is 1. The second-order valence-electron chi connectivity index (χ2n) is 7.52. The molecule has 0 bridgehead atoms. The Bertz CT molecular complexity index is 602. The van der Waals surface area contributed by atoms with E-state index in [1.807, 2.05) is 18.2 Å². The molecule has 2 N–H and O–H groups in total. The van der Waals surface area contributed by atoms with Crippen LogP contribution in [0.15, 0.2) is 23.2 Å². The standard InChI is InChI=1S/C21H36N4O2.HI/c1-6-22-21(23-9-10-25-14-16(2)11-17(3)15-25)24-13-18-7-8-19(26-4)20(12-18)27-5;/h7-8,12,16-17H,6,9-11,13-15H2,1-5H3,(H2,22,23,24);1H. The van der Waals surface area contributed by atoms with Crippen LogP contribution in [-0.2, 0) is 6.54 Å². The highest BCUT2D eigenvalue weighted by atomic mass is 127. The third kappa shape index (κ3) is 8.03. The first kappa shape index (κ1) is 24.8. The van der Waals surface area contributed by atoms with Gasteiger partial charge in [0.25, 0.3) is 0 Å². The molecule has 0 aliphatic carbocycles. The van der Waals surface area contributed by atoms with E-state index in [0.29, 0.717) is 6.54 Å². The maximum atomic E-state index is 5.37. The minimum atomic E-state index is 0. The van der Waals surface area contributed by atoms with E-state index in [2.05, 4.69) is 36.3 Å². The Morgan fingerprint density at radius 1 is 1.11 bits per heavy atom. The van der Waals surface area contributed by atoms with Crippen molar-refractivity contribution in [3.05, 3.63) is 23.8 Å². The van der Waals surface area contributed by atoms with Crippen molar-refractivity contribution in [3.63, 3.8) is 0 Å². The van der Waals surface area contributed by atoms with Gasteiger partial charge in [-0.25, -0.2) is 4.99 Å². The van der Waals surface area contributed by atoms with Gasteiger partial charge in [-0.15, -0.1) is 24.0 Å². The van der Waals surface area contributed by atoms with Gasteiger partial charge in [0.2, 0.25) is 0 Å². The summed E-state index contributed by atoms with van der Waals surface area (Å²) in [5, 5.41) is 6.78. The highest BCUT2D eigenvalue weighted by Crippen LogP contribution is 2.27. The molecule has 1 saturated heterocycles. The second kappa shape index (κ2) is 13.1. The van der Waals surface area contributed by atoms with Crippen molar-refractivity contribution in [3.8, 4) is 11.5 Å². The average Bonchev–Trinajstić information content (AvgIpc) is 2.65. The van der Waals surface area contributed by atoms with Crippen LogP contribution in [-0.4, -0.2) is 57.8 Å². The van der Waals surface area contributed by atoms with E-state index in [0.717, 1.165) is 54.5 Å². The average molecular weight is 504 g/mol. The van der Waals surface area contributed by atoms with E-state index in [-0.39, 0.29) is 24.0 Å². The predicted octanol–water partition coefficient (Wildman–Crippen LogP) is 3.35. The molecule has 1 aliphatic heterocycles. The molecule has 2 rings (SSSR count). The topological polar surface area (TPSA) is 58.1 Å². The van der Waals surface area contributed by atoms with E-state index in [1.54, 1.807) is 14.2 Å². The minimum Gasteiger partial charge on any atom is -0.493 e. The summed E-state index contributed by atoms with van der Waals surface area (Å²) in [6.07, 6.45) is 1.35. The summed E-state index contributed by atoms with van der Waals surface area (Å²) < 4.78 is 10.7. The number of ether oxygens (including phenoxy) is 2. The molecule has 6 nitrogen and oxygen atoms in total. The second-order valence-corrected chi connectivity index (χ2v) is 7.52. The molecule has 0 radical (unpaired) electrons. The molecule has 0 spiro atoms. The van der Waals surface area contributed by atoms with Gasteiger partial charge in [-0.3, -0.25) is 0 Å². The van der Waals surface area contributed by atoms with Crippen molar-refractivity contribution in [2.75, 3.05) is 46.9 Å². The van der Waals surface area contributed by atoms with Crippen LogP contribution in [0.4, 0.5) is 0 Å². The zero-order valence-corrected chi connectivity index (χ0v) is 20.3. The van der Waals surface area contributed by atoms with Gasteiger partial charge in [-0.1, -0.05) is 19.9 Å². The van der Waals surface area contributed by atoms with Gasteiger partial charge in [-0.05, 0) is 42.9 Å². The molecule has 7 heteroatoms. The van der Waals surface area contributed by atoms with Gasteiger partial charge in [-0.2, -0.15) is 0 Å². The zero-order chi connectivity index (χ0) is 19.6. The van der Waals surface area contributed by atoms with Crippen LogP contribution in [0, 0.1) is 11.8 Å². The summed E-state index contributed by atoms with van der Waals surface area (Å²) in [6, 6.07) is 5.91. The lowest BCUT2D eigenvalue weighted by atomic mass is 9.92. The number of nitrogens with one attached hydrogen (secondary N) is 2. The molecule has 1 aromatic carbocycles. The summed E-state index contributed by atoms with van der Waals surface area (Å²) in [4.78, 5) is 7.27. The molecule has 28 heavy (non-hydrogen) atoms. The van der Waals surface area contributed by atoms with Gasteiger partial charge in [0.05, 0.1) is 20.8 Å². The zero-order valence-electron chi connectivity index (χ0n) is 18.0. The maximum absolute atomic E-state index is 5.37. The SMILES string of the molecule is CCNC(=NCc1ccc(OC)c(OC)c1)NCCN1CC(C)CC(C)C1.I. The maximum Gasteiger partial charge on any atom is 0.191 e. The highest BCUT2D eigenvalue weighted by molar-refractivity contribution is 14.0. The van der Waals surface area contributed by atoms with Gasteiger partial charge in [0, 0.05) is 32.7 Å². The van der Waals surface area contributed by atoms with Crippen molar-refractivity contribution >= 4 is 29.9 Å². The number of benzene rings is 1. The van der Waals surface area contributed by atoms with Crippen LogP contribution in [0.3, 0.4) is 0 Å². The Morgan fingerprint density at radius 3 is 2.39 bits per heavy atom. The van der Waals surface area contributed by atoms with E-state index in [1.165, 1.54) is 19.5 Å². The Hall–Kier alpha value is -1.22. The molecule has 0 saturated carbocycles. The number of hydrogen-bond acceptors (Lipinski definition) is 4. The van der Waals surface area contributed by atoms with Crippen LogP contribution in [0.1, 0.15) is 32.8 Å². The highest BCUT2D eigenvalue weighted by Gasteiger charge is 2.21. The Kier molecular flexibility index (Phi) is 11.6. The van der Waals surface area contributed by atoms with Crippen molar-refractivity contribution in [2.24, 2.45) is 16.8 Å². The van der Waals surface area contributed by atoms with Crippen molar-refractivity contribution in [2.45, 2.75) is 33.7 Å².